The second-order valence-electron chi connectivity index (χ2n) is 6.61. The van der Waals surface area contributed by atoms with Crippen molar-refractivity contribution in [3.63, 3.8) is 0 Å². The fourth-order valence-corrected chi connectivity index (χ4v) is 2.31. The van der Waals surface area contributed by atoms with Crippen LogP contribution in [0.1, 0.15) is 31.9 Å². The molecule has 120 valence electrons. The van der Waals surface area contributed by atoms with E-state index in [2.05, 4.69) is 0 Å². The third kappa shape index (κ3) is 4.74. The molecular formula is C19H22N2O2. The predicted molar refractivity (Wildman–Crippen MR) is 93.6 cm³/mol. The molecule has 0 amide bonds. The molecular weight excluding hydrogens is 288 g/mol. The molecule has 0 bridgehead atoms. The van der Waals surface area contributed by atoms with E-state index in [-0.39, 0.29) is 16.9 Å². The van der Waals surface area contributed by atoms with Crippen molar-refractivity contribution in [2.24, 2.45) is 10.4 Å². The Morgan fingerprint density at radius 2 is 1.43 bits per heavy atom. The maximum absolute atomic E-state index is 11.0. The number of nitro groups is 1. The molecule has 0 aliphatic carbocycles. The first-order valence-corrected chi connectivity index (χ1v) is 7.68. The number of hydrogen-bond acceptors (Lipinski definition) is 3. The summed E-state index contributed by atoms with van der Waals surface area (Å²) in [4.78, 5) is 15.6. The van der Waals surface area contributed by atoms with E-state index >= 15 is 0 Å². The minimum atomic E-state index is -0.395. The lowest BCUT2D eigenvalue weighted by Gasteiger charge is -2.25. The largest absolute Gasteiger partial charge is 0.273 e. The fourth-order valence-electron chi connectivity index (χ4n) is 2.31. The molecule has 0 unspecified atom stereocenters. The Hall–Kier alpha value is -2.49. The van der Waals surface area contributed by atoms with Gasteiger partial charge in [-0.15, -0.1) is 0 Å². The highest BCUT2D eigenvalue weighted by Gasteiger charge is 2.29. The molecule has 2 rings (SSSR count). The molecule has 0 saturated carbocycles. The van der Waals surface area contributed by atoms with Gasteiger partial charge in [-0.25, -0.2) is 0 Å². The fraction of sp³-hybridized carbons (Fsp3) is 0.316. The van der Waals surface area contributed by atoms with E-state index in [0.29, 0.717) is 0 Å². The second-order valence-corrected chi connectivity index (χ2v) is 6.61. The standard InChI is InChI=1S/C19H22N2O2/c1-19(2,3)17(14-21(22)23)20-18(15-10-6-4-7-11-15)16-12-8-5-9-13-16/h4-13,17H,14H2,1-3H3/t17-/m1/s1. The van der Waals surface area contributed by atoms with Gasteiger partial charge < -0.3 is 0 Å². The van der Waals surface area contributed by atoms with Crippen molar-refractivity contribution in [2.75, 3.05) is 6.54 Å². The summed E-state index contributed by atoms with van der Waals surface area (Å²) in [7, 11) is 0. The molecule has 2 aromatic rings. The Labute approximate surface area is 137 Å². The van der Waals surface area contributed by atoms with Gasteiger partial charge in [0.05, 0.1) is 5.71 Å². The average molecular weight is 310 g/mol. The minimum absolute atomic E-state index is 0.174. The van der Waals surface area contributed by atoms with E-state index in [9.17, 15) is 10.1 Å². The lowest BCUT2D eigenvalue weighted by Crippen LogP contribution is -2.33. The summed E-state index contributed by atoms with van der Waals surface area (Å²) in [5.74, 6) is 0. The SMILES string of the molecule is CC(C)(C)[C@@H](C[N+](=O)[O-])N=C(c1ccccc1)c1ccccc1. The van der Waals surface area contributed by atoms with Gasteiger partial charge in [-0.2, -0.15) is 0 Å². The van der Waals surface area contributed by atoms with Crippen LogP contribution in [-0.4, -0.2) is 23.2 Å². The molecule has 4 nitrogen and oxygen atoms in total. The summed E-state index contributed by atoms with van der Waals surface area (Å²) in [6, 6.07) is 19.2. The van der Waals surface area contributed by atoms with Crippen LogP contribution in [0.25, 0.3) is 0 Å². The van der Waals surface area contributed by atoms with Gasteiger partial charge in [-0.05, 0) is 5.41 Å². The van der Waals surface area contributed by atoms with Crippen LogP contribution in [0.15, 0.2) is 65.7 Å². The van der Waals surface area contributed by atoms with E-state index < -0.39 is 6.04 Å². The molecule has 0 heterocycles. The summed E-state index contributed by atoms with van der Waals surface area (Å²) < 4.78 is 0. The van der Waals surface area contributed by atoms with Crippen LogP contribution >= 0.6 is 0 Å². The molecule has 0 radical (unpaired) electrons. The van der Waals surface area contributed by atoms with Crippen LogP contribution < -0.4 is 0 Å². The summed E-state index contributed by atoms with van der Waals surface area (Å²) in [5.41, 5.74) is 2.45. The Balaban J connectivity index is 2.53. The Bertz CT molecular complexity index is 632. The third-order valence-electron chi connectivity index (χ3n) is 3.70. The Kier molecular flexibility index (Phi) is 5.27. The molecule has 0 fully saturated rings. The quantitative estimate of drug-likeness (QED) is 0.472. The maximum atomic E-state index is 11.0. The van der Waals surface area contributed by atoms with E-state index in [0.717, 1.165) is 16.8 Å². The van der Waals surface area contributed by atoms with Gasteiger partial charge in [0.25, 0.3) is 0 Å². The van der Waals surface area contributed by atoms with Gasteiger partial charge >= 0.3 is 0 Å². The Morgan fingerprint density at radius 3 is 1.78 bits per heavy atom. The van der Waals surface area contributed by atoms with E-state index in [1.165, 1.54) is 0 Å². The second kappa shape index (κ2) is 7.18. The predicted octanol–water partition coefficient (Wildman–Crippen LogP) is 4.22. The molecule has 23 heavy (non-hydrogen) atoms. The highest BCUT2D eigenvalue weighted by Crippen LogP contribution is 2.24. The van der Waals surface area contributed by atoms with Crippen LogP contribution in [0.3, 0.4) is 0 Å². The van der Waals surface area contributed by atoms with Crippen LogP contribution in [0.4, 0.5) is 0 Å². The zero-order chi connectivity index (χ0) is 16.9. The average Bonchev–Trinajstić information content (AvgIpc) is 2.51. The first kappa shape index (κ1) is 16.9. The topological polar surface area (TPSA) is 55.5 Å². The number of hydrogen-bond donors (Lipinski definition) is 0. The first-order chi connectivity index (χ1) is 10.9. The van der Waals surface area contributed by atoms with Gasteiger partial charge in [0.15, 0.2) is 0 Å². The molecule has 0 spiro atoms. The van der Waals surface area contributed by atoms with Gasteiger partial charge in [0.2, 0.25) is 6.54 Å². The summed E-state index contributed by atoms with van der Waals surface area (Å²) in [6.07, 6.45) is 0. The smallest absolute Gasteiger partial charge is 0.226 e. The van der Waals surface area contributed by atoms with E-state index in [4.69, 9.17) is 4.99 Å². The van der Waals surface area contributed by atoms with Crippen LogP contribution in [0, 0.1) is 15.5 Å². The van der Waals surface area contributed by atoms with Crippen molar-refractivity contribution < 1.29 is 4.92 Å². The van der Waals surface area contributed by atoms with Gasteiger partial charge in [-0.1, -0.05) is 81.4 Å². The molecule has 2 aromatic carbocycles. The van der Waals surface area contributed by atoms with E-state index in [1.54, 1.807) is 0 Å². The lowest BCUT2D eigenvalue weighted by molar-refractivity contribution is -0.484. The summed E-state index contributed by atoms with van der Waals surface area (Å²) >= 11 is 0. The van der Waals surface area contributed by atoms with E-state index in [1.807, 2.05) is 81.4 Å². The summed E-state index contributed by atoms with van der Waals surface area (Å²) in [6.45, 7) is 5.78. The Morgan fingerprint density at radius 1 is 1.00 bits per heavy atom. The van der Waals surface area contributed by atoms with Gasteiger partial charge in [0, 0.05) is 16.1 Å². The molecule has 0 aromatic heterocycles. The third-order valence-corrected chi connectivity index (χ3v) is 3.70. The molecule has 0 N–H and O–H groups in total. The zero-order valence-corrected chi connectivity index (χ0v) is 13.8. The van der Waals surface area contributed by atoms with Crippen LogP contribution in [0.5, 0.6) is 0 Å². The number of nitrogens with zero attached hydrogens (tertiary/aromatic N) is 2. The number of aliphatic imine (C=N–C) groups is 1. The van der Waals surface area contributed by atoms with Crippen molar-refractivity contribution in [1.29, 1.82) is 0 Å². The zero-order valence-electron chi connectivity index (χ0n) is 13.8. The number of benzene rings is 2. The molecule has 4 heteroatoms. The molecule has 1 atom stereocenters. The van der Waals surface area contributed by atoms with Crippen LogP contribution in [-0.2, 0) is 0 Å². The van der Waals surface area contributed by atoms with Crippen LogP contribution in [0.2, 0.25) is 0 Å². The highest BCUT2D eigenvalue weighted by molar-refractivity contribution is 6.12. The van der Waals surface area contributed by atoms with Gasteiger partial charge in [0.1, 0.15) is 6.04 Å². The highest BCUT2D eigenvalue weighted by atomic mass is 16.6. The molecule has 0 aliphatic rings. The monoisotopic (exact) mass is 310 g/mol. The lowest BCUT2D eigenvalue weighted by atomic mass is 9.86. The molecule has 0 aliphatic heterocycles. The van der Waals surface area contributed by atoms with Gasteiger partial charge in [-0.3, -0.25) is 15.1 Å². The van der Waals surface area contributed by atoms with Crippen molar-refractivity contribution in [3.8, 4) is 0 Å². The minimum Gasteiger partial charge on any atom is -0.273 e. The summed E-state index contributed by atoms with van der Waals surface area (Å²) in [5, 5.41) is 11.0. The van der Waals surface area contributed by atoms with Crippen molar-refractivity contribution in [1.82, 2.24) is 0 Å². The van der Waals surface area contributed by atoms with Crippen molar-refractivity contribution in [2.45, 2.75) is 26.8 Å². The van der Waals surface area contributed by atoms with Crippen molar-refractivity contribution in [3.05, 3.63) is 81.9 Å². The number of rotatable bonds is 5. The normalized spacial score (nSPS) is 12.5. The maximum Gasteiger partial charge on any atom is 0.226 e. The first-order valence-electron chi connectivity index (χ1n) is 7.68. The molecule has 0 saturated heterocycles. The van der Waals surface area contributed by atoms with Crippen molar-refractivity contribution >= 4 is 5.71 Å².